The molecular formula is C15H20ClN5S. The van der Waals surface area contributed by atoms with Crippen LogP contribution in [0.4, 0.5) is 0 Å². The lowest BCUT2D eigenvalue weighted by molar-refractivity contribution is 0.201. The second kappa shape index (κ2) is 6.28. The van der Waals surface area contributed by atoms with Gasteiger partial charge in [0.25, 0.3) is 0 Å². The monoisotopic (exact) mass is 337 g/mol. The zero-order valence-corrected chi connectivity index (χ0v) is 14.0. The lowest BCUT2D eigenvalue weighted by Gasteiger charge is -2.31. The van der Waals surface area contributed by atoms with Gasteiger partial charge in [0.15, 0.2) is 0 Å². The number of aromatic nitrogens is 3. The van der Waals surface area contributed by atoms with E-state index in [9.17, 15) is 0 Å². The van der Waals surface area contributed by atoms with E-state index >= 15 is 0 Å². The summed E-state index contributed by atoms with van der Waals surface area (Å²) >= 11 is 7.70. The Hall–Kier alpha value is -0.950. The largest absolute Gasteiger partial charge is 0.312 e. The smallest absolute Gasteiger partial charge is 0.147 e. The van der Waals surface area contributed by atoms with Gasteiger partial charge in [-0.1, -0.05) is 11.6 Å². The summed E-state index contributed by atoms with van der Waals surface area (Å²) in [6.45, 7) is 6.15. The third-order valence-corrected chi connectivity index (χ3v) is 5.83. The molecule has 4 rings (SSSR count). The summed E-state index contributed by atoms with van der Waals surface area (Å²) in [7, 11) is 0. The summed E-state index contributed by atoms with van der Waals surface area (Å²) in [5.41, 5.74) is 0. The van der Waals surface area contributed by atoms with Gasteiger partial charge >= 0.3 is 0 Å². The lowest BCUT2D eigenvalue weighted by atomic mass is 9.95. The first-order chi connectivity index (χ1) is 10.8. The standard InChI is InChI=1S/C15H20ClN5S/c16-13-2-1-12(22-13)10-20-6-3-11(4-7-20)15-19-18-14-9-17-5-8-21(14)15/h1-2,11,17H,3-10H2. The highest BCUT2D eigenvalue weighted by Crippen LogP contribution is 2.30. The van der Waals surface area contributed by atoms with Crippen molar-refractivity contribution < 1.29 is 0 Å². The van der Waals surface area contributed by atoms with Crippen molar-refractivity contribution in [2.24, 2.45) is 0 Å². The predicted molar refractivity (Wildman–Crippen MR) is 88.3 cm³/mol. The molecule has 0 aliphatic carbocycles. The lowest BCUT2D eigenvalue weighted by Crippen LogP contribution is -2.34. The molecule has 2 aliphatic rings. The van der Waals surface area contributed by atoms with Gasteiger partial charge in [0.2, 0.25) is 0 Å². The molecule has 0 radical (unpaired) electrons. The van der Waals surface area contributed by atoms with Crippen LogP contribution in [0, 0.1) is 0 Å². The molecule has 1 saturated heterocycles. The number of fused-ring (bicyclic) bond motifs is 1. The minimum absolute atomic E-state index is 0.558. The van der Waals surface area contributed by atoms with Gasteiger partial charge in [0.1, 0.15) is 11.6 Å². The van der Waals surface area contributed by atoms with Crippen LogP contribution in [0.2, 0.25) is 4.34 Å². The molecule has 118 valence electrons. The first kappa shape index (κ1) is 14.6. The Labute approximate surface area is 139 Å². The first-order valence-corrected chi connectivity index (χ1v) is 9.08. The predicted octanol–water partition coefficient (Wildman–Crippen LogP) is 2.48. The van der Waals surface area contributed by atoms with Crippen LogP contribution in [-0.2, 0) is 19.6 Å². The molecule has 5 nitrogen and oxygen atoms in total. The number of nitrogens with one attached hydrogen (secondary N) is 1. The Bertz CT molecular complexity index is 644. The zero-order chi connectivity index (χ0) is 14.9. The highest BCUT2D eigenvalue weighted by molar-refractivity contribution is 7.16. The van der Waals surface area contributed by atoms with Crippen molar-refractivity contribution in [3.05, 3.63) is 33.0 Å². The molecule has 2 aliphatic heterocycles. The number of halogens is 1. The fraction of sp³-hybridized carbons (Fsp3) is 0.600. The fourth-order valence-electron chi connectivity index (χ4n) is 3.42. The number of piperidine rings is 1. The van der Waals surface area contributed by atoms with Crippen LogP contribution in [0.5, 0.6) is 0 Å². The Kier molecular flexibility index (Phi) is 4.17. The normalized spacial score (nSPS) is 20.2. The maximum absolute atomic E-state index is 6.01. The summed E-state index contributed by atoms with van der Waals surface area (Å²) in [6, 6.07) is 4.13. The fourth-order valence-corrected chi connectivity index (χ4v) is 4.55. The molecule has 0 spiro atoms. The van der Waals surface area contributed by atoms with Gasteiger partial charge in [0, 0.05) is 30.4 Å². The third-order valence-electron chi connectivity index (χ3n) is 4.61. The molecule has 0 aromatic carbocycles. The van der Waals surface area contributed by atoms with Crippen LogP contribution in [0.3, 0.4) is 0 Å². The molecule has 4 heterocycles. The molecule has 1 N–H and O–H groups in total. The molecule has 22 heavy (non-hydrogen) atoms. The molecule has 1 fully saturated rings. The topological polar surface area (TPSA) is 46.0 Å². The van der Waals surface area contributed by atoms with E-state index in [1.165, 1.54) is 23.5 Å². The Balaban J connectivity index is 1.38. The second-order valence-corrected chi connectivity index (χ2v) is 7.86. The summed E-state index contributed by atoms with van der Waals surface area (Å²) in [5.74, 6) is 2.86. The summed E-state index contributed by atoms with van der Waals surface area (Å²) in [5, 5.41) is 12.2. The Morgan fingerprint density at radius 2 is 2.09 bits per heavy atom. The SMILES string of the molecule is Clc1ccc(CN2CCC(c3nnc4n3CCNC4)CC2)s1. The molecule has 0 unspecified atom stereocenters. The van der Waals surface area contributed by atoms with Crippen LogP contribution in [0.1, 0.15) is 35.3 Å². The van der Waals surface area contributed by atoms with Crippen LogP contribution in [0.15, 0.2) is 12.1 Å². The van der Waals surface area contributed by atoms with Crippen LogP contribution < -0.4 is 5.32 Å². The van der Waals surface area contributed by atoms with Gasteiger partial charge in [-0.25, -0.2) is 0 Å². The van der Waals surface area contributed by atoms with Gasteiger partial charge in [-0.3, -0.25) is 4.90 Å². The number of hydrogen-bond donors (Lipinski definition) is 1. The van der Waals surface area contributed by atoms with E-state index in [4.69, 9.17) is 11.6 Å². The molecule has 0 bridgehead atoms. The summed E-state index contributed by atoms with van der Waals surface area (Å²) in [4.78, 5) is 3.88. The van der Waals surface area contributed by atoms with E-state index in [0.29, 0.717) is 5.92 Å². The number of likely N-dealkylation sites (tertiary alicyclic amines) is 1. The molecule has 0 atom stereocenters. The van der Waals surface area contributed by atoms with Crippen molar-refractivity contribution in [3.8, 4) is 0 Å². The molecule has 2 aromatic rings. The maximum atomic E-state index is 6.01. The van der Waals surface area contributed by atoms with Crippen molar-refractivity contribution in [3.63, 3.8) is 0 Å². The number of hydrogen-bond acceptors (Lipinski definition) is 5. The van der Waals surface area contributed by atoms with Crippen LogP contribution in [-0.4, -0.2) is 39.3 Å². The first-order valence-electron chi connectivity index (χ1n) is 7.89. The minimum Gasteiger partial charge on any atom is -0.312 e. The van der Waals surface area contributed by atoms with E-state index in [1.54, 1.807) is 11.3 Å². The number of rotatable bonds is 3. The van der Waals surface area contributed by atoms with Crippen molar-refractivity contribution in [2.45, 2.75) is 38.4 Å². The van der Waals surface area contributed by atoms with Crippen molar-refractivity contribution in [1.82, 2.24) is 25.0 Å². The van der Waals surface area contributed by atoms with Crippen LogP contribution >= 0.6 is 22.9 Å². The van der Waals surface area contributed by atoms with E-state index < -0.39 is 0 Å². The molecule has 7 heteroatoms. The summed E-state index contributed by atoms with van der Waals surface area (Å²) in [6.07, 6.45) is 2.34. The zero-order valence-electron chi connectivity index (χ0n) is 12.5. The molecule has 2 aromatic heterocycles. The molecular weight excluding hydrogens is 318 g/mol. The van der Waals surface area contributed by atoms with Gasteiger partial charge in [-0.2, -0.15) is 0 Å². The maximum Gasteiger partial charge on any atom is 0.147 e. The van der Waals surface area contributed by atoms with E-state index in [1.807, 2.05) is 6.07 Å². The molecule has 0 saturated carbocycles. The van der Waals surface area contributed by atoms with E-state index in [-0.39, 0.29) is 0 Å². The highest BCUT2D eigenvalue weighted by atomic mass is 35.5. The average molecular weight is 338 g/mol. The minimum atomic E-state index is 0.558. The van der Waals surface area contributed by atoms with Gasteiger partial charge in [-0.05, 0) is 38.1 Å². The number of thiophene rings is 1. The quantitative estimate of drug-likeness (QED) is 0.934. The van der Waals surface area contributed by atoms with Crippen molar-refractivity contribution in [1.29, 1.82) is 0 Å². The summed E-state index contributed by atoms with van der Waals surface area (Å²) < 4.78 is 3.21. The van der Waals surface area contributed by atoms with Gasteiger partial charge in [0.05, 0.1) is 10.9 Å². The Morgan fingerprint density at radius 3 is 2.86 bits per heavy atom. The van der Waals surface area contributed by atoms with Gasteiger partial charge in [-0.15, -0.1) is 21.5 Å². The average Bonchev–Trinajstić information content (AvgIpc) is 3.14. The molecule has 0 amide bonds. The third kappa shape index (κ3) is 2.93. The van der Waals surface area contributed by atoms with Crippen molar-refractivity contribution >= 4 is 22.9 Å². The van der Waals surface area contributed by atoms with Gasteiger partial charge < -0.3 is 9.88 Å². The van der Waals surface area contributed by atoms with Crippen LogP contribution in [0.25, 0.3) is 0 Å². The van der Waals surface area contributed by atoms with Crippen molar-refractivity contribution in [2.75, 3.05) is 19.6 Å². The van der Waals surface area contributed by atoms with E-state index in [2.05, 4.69) is 31.0 Å². The Morgan fingerprint density at radius 1 is 1.23 bits per heavy atom. The highest BCUT2D eigenvalue weighted by Gasteiger charge is 2.27. The number of nitrogens with zero attached hydrogens (tertiary/aromatic N) is 4. The second-order valence-electron chi connectivity index (χ2n) is 6.06. The van der Waals surface area contributed by atoms with E-state index in [0.717, 1.165) is 49.4 Å².